The predicted octanol–water partition coefficient (Wildman–Crippen LogP) is 3.67. The van der Waals surface area contributed by atoms with Crippen molar-refractivity contribution in [3.05, 3.63) is 71.9 Å². The highest BCUT2D eigenvalue weighted by Gasteiger charge is 2.34. The van der Waals surface area contributed by atoms with Gasteiger partial charge in [-0.25, -0.2) is 9.97 Å². The Kier molecular flexibility index (Phi) is 6.11. The van der Waals surface area contributed by atoms with E-state index in [1.807, 2.05) is 35.4 Å². The fourth-order valence-corrected chi connectivity index (χ4v) is 4.95. The van der Waals surface area contributed by atoms with Gasteiger partial charge in [-0.15, -0.1) is 0 Å². The third-order valence-electron chi connectivity index (χ3n) is 7.05. The molecule has 6 rings (SSSR count). The molecule has 1 aliphatic carbocycles. The van der Waals surface area contributed by atoms with Gasteiger partial charge in [0.25, 0.3) is 0 Å². The van der Waals surface area contributed by atoms with Crippen LogP contribution >= 0.6 is 0 Å². The summed E-state index contributed by atoms with van der Waals surface area (Å²) in [5, 5.41) is 0. The highest BCUT2D eigenvalue weighted by atomic mass is 16.5. The van der Waals surface area contributed by atoms with Crippen LogP contribution in [0.4, 0.5) is 0 Å². The van der Waals surface area contributed by atoms with Crippen LogP contribution < -0.4 is 4.74 Å². The smallest absolute Gasteiger partial charge is 0.225 e. The fraction of sp³-hybridized carbons (Fsp3) is 0.357. The number of ether oxygens (including phenoxy) is 1. The summed E-state index contributed by atoms with van der Waals surface area (Å²) in [4.78, 5) is 33.9. The van der Waals surface area contributed by atoms with Crippen molar-refractivity contribution in [2.75, 3.05) is 33.3 Å². The molecule has 0 spiro atoms. The second-order valence-electron chi connectivity index (χ2n) is 9.68. The number of carbonyl (C=O) groups is 1. The number of aromatic nitrogens is 4. The molecule has 4 heterocycles. The van der Waals surface area contributed by atoms with Crippen molar-refractivity contribution in [1.29, 1.82) is 0 Å². The van der Waals surface area contributed by atoms with E-state index >= 15 is 0 Å². The van der Waals surface area contributed by atoms with Crippen LogP contribution in [0.1, 0.15) is 29.9 Å². The summed E-state index contributed by atoms with van der Waals surface area (Å²) in [7, 11) is 1.63. The van der Waals surface area contributed by atoms with Crippen LogP contribution in [0.25, 0.3) is 22.2 Å². The van der Waals surface area contributed by atoms with Gasteiger partial charge in [-0.2, -0.15) is 0 Å². The van der Waals surface area contributed by atoms with Crippen molar-refractivity contribution in [3.63, 3.8) is 0 Å². The molecule has 8 heteroatoms. The molecule has 1 saturated carbocycles. The van der Waals surface area contributed by atoms with Crippen molar-refractivity contribution in [2.45, 2.75) is 25.8 Å². The van der Waals surface area contributed by atoms with Gasteiger partial charge < -0.3 is 14.6 Å². The molecule has 1 N–H and O–H groups in total. The van der Waals surface area contributed by atoms with E-state index in [2.05, 4.69) is 38.1 Å². The maximum Gasteiger partial charge on any atom is 0.225 e. The Labute approximate surface area is 210 Å². The fourth-order valence-electron chi connectivity index (χ4n) is 4.95. The van der Waals surface area contributed by atoms with Gasteiger partial charge in [0.1, 0.15) is 5.82 Å². The lowest BCUT2D eigenvalue weighted by Crippen LogP contribution is -2.48. The Balaban J connectivity index is 1.12. The van der Waals surface area contributed by atoms with Gasteiger partial charge in [0.2, 0.25) is 11.8 Å². The summed E-state index contributed by atoms with van der Waals surface area (Å²) in [5.74, 6) is 2.16. The highest BCUT2D eigenvalue weighted by molar-refractivity contribution is 5.83. The van der Waals surface area contributed by atoms with Crippen LogP contribution in [0.3, 0.4) is 0 Å². The van der Waals surface area contributed by atoms with Crippen LogP contribution in [-0.2, 0) is 17.8 Å². The Bertz CT molecular complexity index is 1390. The van der Waals surface area contributed by atoms with Crippen molar-refractivity contribution in [3.8, 4) is 17.0 Å². The van der Waals surface area contributed by atoms with Crippen molar-refractivity contribution in [1.82, 2.24) is 29.7 Å². The number of amides is 1. The molecule has 4 aromatic rings. The minimum atomic E-state index is 0.308. The van der Waals surface area contributed by atoms with Crippen molar-refractivity contribution < 1.29 is 9.53 Å². The summed E-state index contributed by atoms with van der Waals surface area (Å²) < 4.78 is 5.42. The first-order valence-electron chi connectivity index (χ1n) is 12.6. The lowest BCUT2D eigenvalue weighted by Gasteiger charge is -2.35. The number of nitrogens with zero attached hydrogens (tertiary/aromatic N) is 5. The van der Waals surface area contributed by atoms with Gasteiger partial charge >= 0.3 is 0 Å². The summed E-state index contributed by atoms with van der Waals surface area (Å²) in [5.41, 5.74) is 6.11. The zero-order valence-electron chi connectivity index (χ0n) is 20.5. The van der Waals surface area contributed by atoms with E-state index in [1.165, 1.54) is 5.56 Å². The molecule has 184 valence electrons. The van der Waals surface area contributed by atoms with Gasteiger partial charge in [-0.1, -0.05) is 6.07 Å². The number of hydrogen-bond acceptors (Lipinski definition) is 6. The minimum Gasteiger partial charge on any atom is -0.481 e. The van der Waals surface area contributed by atoms with Crippen molar-refractivity contribution >= 4 is 16.9 Å². The Morgan fingerprint density at radius 2 is 1.92 bits per heavy atom. The van der Waals surface area contributed by atoms with E-state index in [0.717, 1.165) is 79.2 Å². The molecule has 0 atom stereocenters. The van der Waals surface area contributed by atoms with Crippen LogP contribution in [0.2, 0.25) is 0 Å². The molecule has 8 nitrogen and oxygen atoms in total. The largest absolute Gasteiger partial charge is 0.481 e. The van der Waals surface area contributed by atoms with Gasteiger partial charge in [0, 0.05) is 68.7 Å². The molecule has 0 unspecified atom stereocenters. The lowest BCUT2D eigenvalue weighted by atomic mass is 10.1. The van der Waals surface area contributed by atoms with Crippen LogP contribution in [0, 0.1) is 5.92 Å². The number of piperazine rings is 1. The molecule has 36 heavy (non-hydrogen) atoms. The quantitative estimate of drug-likeness (QED) is 0.433. The standard InChI is InChI=1S/C28H30N6O2/c1-36-27-23(3-2-9-30-27)21-6-7-24-25(16-21)32-26(31-24)17-22-15-19(8-10-29-22)18-33-11-13-34(14-12-33)28(35)20-4-5-20/h2-3,6-10,15-16,20H,4-5,11-14,17-18H2,1H3,(H,31,32). The molecular formula is C28H30N6O2. The zero-order valence-corrected chi connectivity index (χ0v) is 20.5. The first-order chi connectivity index (χ1) is 17.7. The van der Waals surface area contributed by atoms with Gasteiger partial charge in [0.05, 0.1) is 18.1 Å². The number of hydrogen-bond donors (Lipinski definition) is 1. The number of benzene rings is 1. The third kappa shape index (κ3) is 4.81. The van der Waals surface area contributed by atoms with E-state index in [4.69, 9.17) is 9.72 Å². The average molecular weight is 483 g/mol. The summed E-state index contributed by atoms with van der Waals surface area (Å²) >= 11 is 0. The number of nitrogens with one attached hydrogen (secondary N) is 1. The van der Waals surface area contributed by atoms with Crippen LogP contribution in [0.15, 0.2) is 54.9 Å². The third-order valence-corrected chi connectivity index (χ3v) is 7.05. The molecule has 0 radical (unpaired) electrons. The summed E-state index contributed by atoms with van der Waals surface area (Å²) in [6, 6.07) is 14.3. The van der Waals surface area contributed by atoms with Crippen LogP contribution in [0.5, 0.6) is 5.88 Å². The van der Waals surface area contributed by atoms with E-state index in [-0.39, 0.29) is 0 Å². The van der Waals surface area contributed by atoms with E-state index in [9.17, 15) is 4.79 Å². The Morgan fingerprint density at radius 3 is 2.72 bits per heavy atom. The molecule has 1 saturated heterocycles. The maximum atomic E-state index is 12.3. The predicted molar refractivity (Wildman–Crippen MR) is 138 cm³/mol. The lowest BCUT2D eigenvalue weighted by molar-refractivity contribution is -0.134. The molecule has 3 aromatic heterocycles. The molecule has 1 aliphatic heterocycles. The maximum absolute atomic E-state index is 12.3. The van der Waals surface area contributed by atoms with Gasteiger partial charge in [0.15, 0.2) is 0 Å². The monoisotopic (exact) mass is 482 g/mol. The SMILES string of the molecule is COc1ncccc1-c1ccc2nc(Cc3cc(CN4CCN(C(=O)C5CC5)CC4)ccn3)[nH]c2c1. The molecule has 1 amide bonds. The van der Waals surface area contributed by atoms with Gasteiger partial charge in [-0.3, -0.25) is 14.7 Å². The minimum absolute atomic E-state index is 0.308. The second kappa shape index (κ2) is 9.70. The van der Waals surface area contributed by atoms with E-state index < -0.39 is 0 Å². The van der Waals surface area contributed by atoms with Crippen LogP contribution in [-0.4, -0.2) is 68.9 Å². The first-order valence-corrected chi connectivity index (χ1v) is 12.6. The number of aromatic amines is 1. The number of imidazole rings is 1. The molecule has 0 bridgehead atoms. The normalized spacial score (nSPS) is 16.4. The molecule has 1 aromatic carbocycles. The topological polar surface area (TPSA) is 87.2 Å². The number of rotatable bonds is 7. The number of H-pyrrole nitrogens is 1. The van der Waals surface area contributed by atoms with Gasteiger partial charge in [-0.05, 0) is 60.4 Å². The van der Waals surface area contributed by atoms with E-state index in [1.54, 1.807) is 13.3 Å². The number of fused-ring (bicyclic) bond motifs is 1. The summed E-state index contributed by atoms with van der Waals surface area (Å²) in [6.45, 7) is 4.38. The first kappa shape index (κ1) is 22.7. The zero-order chi connectivity index (χ0) is 24.5. The molecule has 2 fully saturated rings. The average Bonchev–Trinajstić information content (AvgIpc) is 3.68. The number of carbonyl (C=O) groups excluding carboxylic acids is 1. The highest BCUT2D eigenvalue weighted by Crippen LogP contribution is 2.31. The molecule has 2 aliphatic rings. The second-order valence-corrected chi connectivity index (χ2v) is 9.68. The Hall–Kier alpha value is -3.78. The Morgan fingerprint density at radius 1 is 1.06 bits per heavy atom. The summed E-state index contributed by atoms with van der Waals surface area (Å²) in [6.07, 6.45) is 6.39. The molecular weight excluding hydrogens is 452 g/mol. The van der Waals surface area contributed by atoms with Crippen molar-refractivity contribution in [2.24, 2.45) is 5.92 Å². The van der Waals surface area contributed by atoms with E-state index in [0.29, 0.717) is 24.1 Å². The number of pyridine rings is 2. The number of methoxy groups -OCH3 is 1.